The van der Waals surface area contributed by atoms with Gasteiger partial charge >= 0.3 is 12.1 Å². The van der Waals surface area contributed by atoms with Crippen LogP contribution in [0.25, 0.3) is 0 Å². The van der Waals surface area contributed by atoms with Crippen molar-refractivity contribution in [1.29, 1.82) is 0 Å². The molecule has 0 unspecified atom stereocenters. The summed E-state index contributed by atoms with van der Waals surface area (Å²) in [6, 6.07) is 5.26. The number of benzene rings is 1. The van der Waals surface area contributed by atoms with Gasteiger partial charge in [0, 0.05) is 18.3 Å². The summed E-state index contributed by atoms with van der Waals surface area (Å²) in [6.07, 6.45) is -3.18. The molecule has 0 radical (unpaired) electrons. The molecule has 3 rings (SSSR count). The fraction of sp³-hybridized carbons (Fsp3) is 0.389. The molecule has 0 atom stereocenters. The number of nitrogens with zero attached hydrogens (tertiary/aromatic N) is 3. The summed E-state index contributed by atoms with van der Waals surface area (Å²) in [4.78, 5) is 24.1. The van der Waals surface area contributed by atoms with E-state index in [9.17, 15) is 31.2 Å². The molecule has 0 amide bonds. The third-order valence-electron chi connectivity index (χ3n) is 4.54. The number of Topliss-reactive ketones (excluding diaryl/α,β-unsaturated/α-hetero) is 1. The van der Waals surface area contributed by atoms with Crippen molar-refractivity contribution in [2.75, 3.05) is 23.2 Å². The number of halogens is 3. The van der Waals surface area contributed by atoms with Crippen molar-refractivity contribution in [2.24, 2.45) is 0 Å². The SMILES string of the molecule is CCS(=O)(=O)N1CCc2cc(C(=O)COC(=O)Cn3ccc(C(F)(F)F)n3)ccc21. The Kier molecular flexibility index (Phi) is 5.88. The average molecular weight is 445 g/mol. The molecule has 0 saturated carbocycles. The first kappa shape index (κ1) is 21.8. The van der Waals surface area contributed by atoms with Crippen LogP contribution in [0.4, 0.5) is 18.9 Å². The molecule has 1 aromatic carbocycles. The number of carbonyl (C=O) groups is 2. The summed E-state index contributed by atoms with van der Waals surface area (Å²) >= 11 is 0. The monoisotopic (exact) mass is 445 g/mol. The number of fused-ring (bicyclic) bond motifs is 1. The topological polar surface area (TPSA) is 98.6 Å². The highest BCUT2D eigenvalue weighted by atomic mass is 32.2. The number of esters is 1. The number of anilines is 1. The maximum absolute atomic E-state index is 12.5. The first-order valence-electron chi connectivity index (χ1n) is 8.94. The molecule has 0 N–H and O–H groups in total. The Balaban J connectivity index is 1.59. The standard InChI is InChI=1S/C18H18F3N3O5S/c1-2-30(27,28)24-8-5-12-9-13(3-4-14(12)24)15(25)11-29-17(26)10-23-7-6-16(22-23)18(19,20)21/h3-4,6-7,9H,2,5,8,10-11H2,1H3. The minimum Gasteiger partial charge on any atom is -0.456 e. The van der Waals surface area contributed by atoms with Crippen molar-refractivity contribution in [3.8, 4) is 0 Å². The zero-order valence-corrected chi connectivity index (χ0v) is 16.7. The molecule has 162 valence electrons. The van der Waals surface area contributed by atoms with E-state index in [1.54, 1.807) is 13.0 Å². The molecule has 0 fully saturated rings. The maximum atomic E-state index is 12.5. The summed E-state index contributed by atoms with van der Waals surface area (Å²) in [6.45, 7) is 0.675. The molecule has 8 nitrogen and oxygen atoms in total. The number of hydrogen-bond acceptors (Lipinski definition) is 6. The molecule has 30 heavy (non-hydrogen) atoms. The van der Waals surface area contributed by atoms with E-state index in [1.807, 2.05) is 0 Å². The van der Waals surface area contributed by atoms with E-state index in [0.717, 1.165) is 16.9 Å². The predicted octanol–water partition coefficient (Wildman–Crippen LogP) is 2.04. The van der Waals surface area contributed by atoms with E-state index in [2.05, 4.69) is 5.10 Å². The number of sulfonamides is 1. The lowest BCUT2D eigenvalue weighted by Crippen LogP contribution is -2.30. The van der Waals surface area contributed by atoms with Crippen molar-refractivity contribution in [3.05, 3.63) is 47.3 Å². The lowest BCUT2D eigenvalue weighted by molar-refractivity contribution is -0.145. The highest BCUT2D eigenvalue weighted by Crippen LogP contribution is 2.31. The second-order valence-corrected chi connectivity index (χ2v) is 8.73. The number of alkyl halides is 3. The van der Waals surface area contributed by atoms with Crippen molar-refractivity contribution in [2.45, 2.75) is 26.1 Å². The van der Waals surface area contributed by atoms with Gasteiger partial charge in [0.25, 0.3) is 0 Å². The van der Waals surface area contributed by atoms with Crippen molar-refractivity contribution in [3.63, 3.8) is 0 Å². The van der Waals surface area contributed by atoms with Gasteiger partial charge in [-0.25, -0.2) is 8.42 Å². The summed E-state index contributed by atoms with van der Waals surface area (Å²) < 4.78 is 68.6. The van der Waals surface area contributed by atoms with Crippen LogP contribution in [0.3, 0.4) is 0 Å². The molecule has 12 heteroatoms. The summed E-state index contributed by atoms with van der Waals surface area (Å²) in [5.74, 6) is -1.47. The third kappa shape index (κ3) is 4.64. The van der Waals surface area contributed by atoms with Crippen molar-refractivity contribution in [1.82, 2.24) is 9.78 Å². The van der Waals surface area contributed by atoms with Crippen LogP contribution >= 0.6 is 0 Å². The lowest BCUT2D eigenvalue weighted by atomic mass is 10.1. The molecule has 2 aromatic rings. The molecular formula is C18H18F3N3O5S. The van der Waals surface area contributed by atoms with Gasteiger partial charge in [-0.2, -0.15) is 18.3 Å². The van der Waals surface area contributed by atoms with Crippen LogP contribution in [0.15, 0.2) is 30.5 Å². The van der Waals surface area contributed by atoms with Gasteiger partial charge in [0.05, 0.1) is 11.4 Å². The summed E-state index contributed by atoms with van der Waals surface area (Å²) in [5, 5.41) is 3.23. The fourth-order valence-electron chi connectivity index (χ4n) is 3.00. The Morgan fingerprint density at radius 2 is 1.97 bits per heavy atom. The van der Waals surface area contributed by atoms with Crippen LogP contribution in [0.5, 0.6) is 0 Å². The zero-order valence-electron chi connectivity index (χ0n) is 15.8. The van der Waals surface area contributed by atoms with Crippen LogP contribution in [-0.2, 0) is 38.7 Å². The van der Waals surface area contributed by atoms with Crippen LogP contribution in [0, 0.1) is 0 Å². The van der Waals surface area contributed by atoms with E-state index in [0.29, 0.717) is 24.2 Å². The minimum atomic E-state index is -4.62. The van der Waals surface area contributed by atoms with Gasteiger partial charge in [-0.05, 0) is 43.2 Å². The maximum Gasteiger partial charge on any atom is 0.435 e. The molecular weight excluding hydrogens is 427 g/mol. The van der Waals surface area contributed by atoms with E-state index >= 15 is 0 Å². The Hall–Kier alpha value is -2.89. The number of aromatic nitrogens is 2. The smallest absolute Gasteiger partial charge is 0.435 e. The zero-order chi connectivity index (χ0) is 22.1. The quantitative estimate of drug-likeness (QED) is 0.478. The second-order valence-electron chi connectivity index (χ2n) is 6.55. The van der Waals surface area contributed by atoms with Gasteiger partial charge in [0.15, 0.2) is 18.1 Å². The Bertz CT molecular complexity index is 1080. The molecule has 0 aliphatic carbocycles. The second kappa shape index (κ2) is 8.09. The molecule has 0 spiro atoms. The van der Waals surface area contributed by atoms with E-state index in [-0.39, 0.29) is 11.3 Å². The highest BCUT2D eigenvalue weighted by Gasteiger charge is 2.33. The number of carbonyl (C=O) groups excluding carboxylic acids is 2. The van der Waals surface area contributed by atoms with Crippen molar-refractivity contribution >= 4 is 27.5 Å². The first-order chi connectivity index (χ1) is 14.0. The number of ketones is 1. The molecule has 1 aromatic heterocycles. The fourth-order valence-corrected chi connectivity index (χ4v) is 4.16. The average Bonchev–Trinajstić information content (AvgIpc) is 3.32. The Morgan fingerprint density at radius 3 is 2.60 bits per heavy atom. The van der Waals surface area contributed by atoms with Crippen LogP contribution < -0.4 is 4.31 Å². The minimum absolute atomic E-state index is 0.0379. The van der Waals surface area contributed by atoms with Crippen LogP contribution in [-0.4, -0.2) is 48.9 Å². The number of rotatable bonds is 7. The van der Waals surface area contributed by atoms with Crippen LogP contribution in [0.1, 0.15) is 28.5 Å². The summed E-state index contributed by atoms with van der Waals surface area (Å²) in [5.41, 5.74) is 0.323. The summed E-state index contributed by atoms with van der Waals surface area (Å²) in [7, 11) is -3.40. The number of hydrogen-bond donors (Lipinski definition) is 0. The number of ether oxygens (including phenoxy) is 1. The Labute approximate surface area is 170 Å². The van der Waals surface area contributed by atoms with Gasteiger partial charge < -0.3 is 4.74 Å². The van der Waals surface area contributed by atoms with Crippen molar-refractivity contribution < 1.29 is 35.9 Å². The molecule has 0 saturated heterocycles. The van der Waals surface area contributed by atoms with E-state index < -0.39 is 46.8 Å². The van der Waals surface area contributed by atoms with Gasteiger partial charge in [-0.3, -0.25) is 18.6 Å². The molecule has 1 aliphatic heterocycles. The first-order valence-corrected chi connectivity index (χ1v) is 10.5. The molecule has 0 bridgehead atoms. The highest BCUT2D eigenvalue weighted by molar-refractivity contribution is 7.92. The predicted molar refractivity (Wildman–Crippen MR) is 99.5 cm³/mol. The van der Waals surface area contributed by atoms with Crippen LogP contribution in [0.2, 0.25) is 0 Å². The van der Waals surface area contributed by atoms with Gasteiger partial charge in [0.2, 0.25) is 10.0 Å². The largest absolute Gasteiger partial charge is 0.456 e. The van der Waals surface area contributed by atoms with Gasteiger partial charge in [0.1, 0.15) is 6.54 Å². The molecule has 1 aliphatic rings. The van der Waals surface area contributed by atoms with E-state index in [4.69, 9.17) is 4.74 Å². The normalized spacial score (nSPS) is 13.9. The Morgan fingerprint density at radius 1 is 1.23 bits per heavy atom. The molecule has 2 heterocycles. The van der Waals surface area contributed by atoms with Gasteiger partial charge in [-0.15, -0.1) is 0 Å². The lowest BCUT2D eigenvalue weighted by Gasteiger charge is -2.18. The third-order valence-corrected chi connectivity index (χ3v) is 6.32. The van der Waals surface area contributed by atoms with Gasteiger partial charge in [-0.1, -0.05) is 0 Å². The van der Waals surface area contributed by atoms with E-state index in [1.165, 1.54) is 16.4 Å².